The normalized spacial score (nSPS) is 20.1. The molecule has 0 spiro atoms. The maximum absolute atomic E-state index is 12.1. The van der Waals surface area contributed by atoms with Crippen LogP contribution in [-0.2, 0) is 0 Å². The second kappa shape index (κ2) is 6.16. The molecule has 2 amide bonds. The number of methoxy groups -OCH3 is 1. The molecule has 0 aromatic heterocycles. The number of urea groups is 1. The summed E-state index contributed by atoms with van der Waals surface area (Å²) in [5, 5.41) is 15.3. The van der Waals surface area contributed by atoms with E-state index < -0.39 is 0 Å². The topological polar surface area (TPSA) is 70.6 Å². The van der Waals surface area contributed by atoms with Crippen molar-refractivity contribution in [3.05, 3.63) is 29.8 Å². The number of hydrogen-bond acceptors (Lipinski definition) is 3. The maximum atomic E-state index is 12.1. The van der Waals surface area contributed by atoms with Gasteiger partial charge in [-0.3, -0.25) is 0 Å². The summed E-state index contributed by atoms with van der Waals surface area (Å²) in [7, 11) is 1.65. The van der Waals surface area contributed by atoms with Crippen LogP contribution in [0.5, 0.6) is 5.75 Å². The summed E-state index contributed by atoms with van der Waals surface area (Å²) in [6.45, 7) is 0.702. The zero-order valence-electron chi connectivity index (χ0n) is 13.0. The number of nitrogens with one attached hydrogen (secondary N) is 2. The molecule has 120 valence electrons. The van der Waals surface area contributed by atoms with Gasteiger partial charge in [0.05, 0.1) is 19.8 Å². The summed E-state index contributed by atoms with van der Waals surface area (Å²) in [5.74, 6) is 1.34. The standard InChI is InChI=1S/C17H24N2O3/c1-22-14-6-4-13(5-7-14)15(12-2-3-12)19-16(21)18-10-17(11-20)8-9-17/h4-7,12,15,20H,2-3,8-11H2,1H3,(H2,18,19,21). The van der Waals surface area contributed by atoms with E-state index in [4.69, 9.17) is 4.74 Å². The molecule has 3 N–H and O–H groups in total. The van der Waals surface area contributed by atoms with E-state index in [1.54, 1.807) is 7.11 Å². The number of aliphatic hydroxyl groups excluding tert-OH is 1. The van der Waals surface area contributed by atoms with Crippen molar-refractivity contribution in [2.75, 3.05) is 20.3 Å². The molecule has 1 aromatic carbocycles. The highest BCUT2D eigenvalue weighted by Crippen LogP contribution is 2.44. The Morgan fingerprint density at radius 3 is 2.55 bits per heavy atom. The quantitative estimate of drug-likeness (QED) is 0.723. The summed E-state index contributed by atoms with van der Waals surface area (Å²) >= 11 is 0. The number of carbonyl (C=O) groups is 1. The minimum Gasteiger partial charge on any atom is -0.497 e. The van der Waals surface area contributed by atoms with Gasteiger partial charge in [-0.05, 0) is 49.3 Å². The first-order chi connectivity index (χ1) is 10.7. The predicted molar refractivity (Wildman–Crippen MR) is 83.7 cm³/mol. The molecule has 3 rings (SSSR count). The van der Waals surface area contributed by atoms with Crippen LogP contribution in [0.15, 0.2) is 24.3 Å². The van der Waals surface area contributed by atoms with E-state index in [0.29, 0.717) is 12.5 Å². The second-order valence-corrected chi connectivity index (χ2v) is 6.57. The van der Waals surface area contributed by atoms with E-state index >= 15 is 0 Å². The average Bonchev–Trinajstić information content (AvgIpc) is 3.46. The van der Waals surface area contributed by atoms with Gasteiger partial charge in [0, 0.05) is 12.0 Å². The van der Waals surface area contributed by atoms with Crippen molar-refractivity contribution in [1.82, 2.24) is 10.6 Å². The zero-order valence-corrected chi connectivity index (χ0v) is 13.0. The van der Waals surface area contributed by atoms with E-state index in [-0.39, 0.29) is 24.1 Å². The molecule has 1 unspecified atom stereocenters. The molecule has 2 saturated carbocycles. The van der Waals surface area contributed by atoms with Crippen LogP contribution in [-0.4, -0.2) is 31.4 Å². The summed E-state index contributed by atoms with van der Waals surface area (Å²) in [5.41, 5.74) is 1.05. The van der Waals surface area contributed by atoms with Crippen LogP contribution in [0, 0.1) is 11.3 Å². The molecule has 22 heavy (non-hydrogen) atoms. The molecule has 1 atom stereocenters. The summed E-state index contributed by atoms with van der Waals surface area (Å²) in [6, 6.07) is 7.78. The summed E-state index contributed by atoms with van der Waals surface area (Å²) in [6.07, 6.45) is 4.29. The Balaban J connectivity index is 1.58. The van der Waals surface area contributed by atoms with Gasteiger partial charge in [0.2, 0.25) is 0 Å². The average molecular weight is 304 g/mol. The largest absolute Gasteiger partial charge is 0.497 e. The molecule has 0 radical (unpaired) electrons. The van der Waals surface area contributed by atoms with E-state index in [1.807, 2.05) is 24.3 Å². The van der Waals surface area contributed by atoms with Gasteiger partial charge in [-0.1, -0.05) is 12.1 Å². The first-order valence-corrected chi connectivity index (χ1v) is 7.95. The van der Waals surface area contributed by atoms with Crippen molar-refractivity contribution in [1.29, 1.82) is 0 Å². The van der Waals surface area contributed by atoms with Crippen LogP contribution in [0.25, 0.3) is 0 Å². The fourth-order valence-corrected chi connectivity index (χ4v) is 2.74. The Hall–Kier alpha value is -1.75. The van der Waals surface area contributed by atoms with Gasteiger partial charge in [0.1, 0.15) is 5.75 Å². The van der Waals surface area contributed by atoms with Gasteiger partial charge in [0.15, 0.2) is 0 Å². The van der Waals surface area contributed by atoms with Crippen molar-refractivity contribution < 1.29 is 14.6 Å². The Morgan fingerprint density at radius 1 is 1.36 bits per heavy atom. The SMILES string of the molecule is COc1ccc(C(NC(=O)NCC2(CO)CC2)C2CC2)cc1. The highest BCUT2D eigenvalue weighted by atomic mass is 16.5. The minimum absolute atomic E-state index is 0.0511. The van der Waals surface area contributed by atoms with E-state index in [0.717, 1.165) is 37.0 Å². The van der Waals surface area contributed by atoms with Crippen molar-refractivity contribution in [2.24, 2.45) is 11.3 Å². The first kappa shape index (κ1) is 15.2. The molecular weight excluding hydrogens is 280 g/mol. The molecule has 2 fully saturated rings. The Morgan fingerprint density at radius 2 is 2.05 bits per heavy atom. The van der Waals surface area contributed by atoms with Gasteiger partial charge in [-0.25, -0.2) is 4.79 Å². The number of amides is 2. The van der Waals surface area contributed by atoms with Crippen LogP contribution >= 0.6 is 0 Å². The number of carbonyl (C=O) groups excluding carboxylic acids is 1. The molecule has 0 saturated heterocycles. The van der Waals surface area contributed by atoms with Crippen molar-refractivity contribution >= 4 is 6.03 Å². The number of benzene rings is 1. The fourth-order valence-electron chi connectivity index (χ4n) is 2.74. The lowest BCUT2D eigenvalue weighted by atomic mass is 10.0. The van der Waals surface area contributed by atoms with Crippen LogP contribution in [0.2, 0.25) is 0 Å². The molecule has 0 heterocycles. The predicted octanol–water partition coefficient (Wildman–Crippen LogP) is 2.22. The third-order valence-corrected chi connectivity index (χ3v) is 4.77. The van der Waals surface area contributed by atoms with E-state index in [2.05, 4.69) is 10.6 Å². The van der Waals surface area contributed by atoms with E-state index in [9.17, 15) is 9.90 Å². The first-order valence-electron chi connectivity index (χ1n) is 7.95. The molecule has 0 bridgehead atoms. The van der Waals surface area contributed by atoms with Crippen LogP contribution < -0.4 is 15.4 Å². The molecule has 5 nitrogen and oxygen atoms in total. The molecule has 0 aliphatic heterocycles. The van der Waals surface area contributed by atoms with Gasteiger partial charge >= 0.3 is 6.03 Å². The molecule has 1 aromatic rings. The second-order valence-electron chi connectivity index (χ2n) is 6.57. The lowest BCUT2D eigenvalue weighted by Crippen LogP contribution is -2.41. The minimum atomic E-state index is -0.146. The van der Waals surface area contributed by atoms with Gasteiger partial charge in [-0.15, -0.1) is 0 Å². The Labute approximate surface area is 131 Å². The smallest absolute Gasteiger partial charge is 0.315 e. The Bertz CT molecular complexity index is 521. The van der Waals surface area contributed by atoms with E-state index in [1.165, 1.54) is 0 Å². The van der Waals surface area contributed by atoms with Crippen molar-refractivity contribution in [3.8, 4) is 5.75 Å². The number of rotatable bonds is 7. The molecule has 2 aliphatic carbocycles. The summed E-state index contributed by atoms with van der Waals surface area (Å²) < 4.78 is 5.18. The van der Waals surface area contributed by atoms with Crippen molar-refractivity contribution in [2.45, 2.75) is 31.7 Å². The third kappa shape index (κ3) is 3.53. The van der Waals surface area contributed by atoms with Crippen molar-refractivity contribution in [3.63, 3.8) is 0 Å². The third-order valence-electron chi connectivity index (χ3n) is 4.77. The molecule has 2 aliphatic rings. The highest BCUT2D eigenvalue weighted by molar-refractivity contribution is 5.74. The lowest BCUT2D eigenvalue weighted by Gasteiger charge is -2.21. The Kier molecular flexibility index (Phi) is 4.25. The number of aliphatic hydroxyl groups is 1. The van der Waals surface area contributed by atoms with Crippen LogP contribution in [0.1, 0.15) is 37.3 Å². The maximum Gasteiger partial charge on any atom is 0.315 e. The monoisotopic (exact) mass is 304 g/mol. The highest BCUT2D eigenvalue weighted by Gasteiger charge is 2.42. The van der Waals surface area contributed by atoms with Gasteiger partial charge in [-0.2, -0.15) is 0 Å². The zero-order chi connectivity index (χ0) is 15.6. The van der Waals surface area contributed by atoms with Gasteiger partial charge < -0.3 is 20.5 Å². The molecular formula is C17H24N2O3. The summed E-state index contributed by atoms with van der Waals surface area (Å²) in [4.78, 5) is 12.1. The van der Waals surface area contributed by atoms with Crippen LogP contribution in [0.3, 0.4) is 0 Å². The van der Waals surface area contributed by atoms with Crippen LogP contribution in [0.4, 0.5) is 4.79 Å². The fraction of sp³-hybridized carbons (Fsp3) is 0.588. The number of hydrogen-bond donors (Lipinski definition) is 3. The van der Waals surface area contributed by atoms with Gasteiger partial charge in [0.25, 0.3) is 0 Å². The lowest BCUT2D eigenvalue weighted by molar-refractivity contribution is 0.201. The number of ether oxygens (including phenoxy) is 1. The molecule has 5 heteroatoms.